The van der Waals surface area contributed by atoms with Crippen LogP contribution >= 0.6 is 11.3 Å². The van der Waals surface area contributed by atoms with Gasteiger partial charge in [-0.1, -0.05) is 18.2 Å². The van der Waals surface area contributed by atoms with Crippen LogP contribution in [0.25, 0.3) is 4.96 Å². The monoisotopic (exact) mass is 398 g/mol. The molecule has 1 saturated heterocycles. The highest BCUT2D eigenvalue weighted by Crippen LogP contribution is 2.22. The molecule has 1 aromatic carbocycles. The first-order valence-electron chi connectivity index (χ1n) is 9.76. The van der Waals surface area contributed by atoms with E-state index in [-0.39, 0.29) is 5.56 Å². The third-order valence-corrected chi connectivity index (χ3v) is 6.41. The number of benzene rings is 1. The first-order chi connectivity index (χ1) is 13.6. The van der Waals surface area contributed by atoms with Crippen molar-refractivity contribution in [2.24, 2.45) is 5.92 Å². The SMILES string of the molecule is Cc1csc2nc(CNc3ccccc3CN3CCC(CO)CC3)cc(=O)n12. The summed E-state index contributed by atoms with van der Waals surface area (Å²) < 4.78 is 1.65. The van der Waals surface area contributed by atoms with Gasteiger partial charge in [-0.2, -0.15) is 0 Å². The number of hydrogen-bond acceptors (Lipinski definition) is 6. The molecule has 148 valence electrons. The second-order valence-electron chi connectivity index (χ2n) is 7.49. The largest absolute Gasteiger partial charge is 0.396 e. The molecule has 4 rings (SSSR count). The van der Waals surface area contributed by atoms with E-state index in [1.165, 1.54) is 16.9 Å². The average molecular weight is 399 g/mol. The van der Waals surface area contributed by atoms with Gasteiger partial charge in [-0.3, -0.25) is 14.1 Å². The van der Waals surface area contributed by atoms with Crippen molar-refractivity contribution in [3.63, 3.8) is 0 Å². The minimum atomic E-state index is -0.0272. The number of piperidine rings is 1. The van der Waals surface area contributed by atoms with Gasteiger partial charge in [-0.25, -0.2) is 4.98 Å². The number of likely N-dealkylation sites (tertiary alicyclic amines) is 1. The maximum Gasteiger partial charge on any atom is 0.259 e. The highest BCUT2D eigenvalue weighted by Gasteiger charge is 2.19. The van der Waals surface area contributed by atoms with E-state index in [9.17, 15) is 9.90 Å². The lowest BCUT2D eigenvalue weighted by atomic mass is 9.97. The minimum absolute atomic E-state index is 0.0272. The zero-order valence-corrected chi connectivity index (χ0v) is 16.9. The third-order valence-electron chi connectivity index (χ3n) is 5.47. The smallest absolute Gasteiger partial charge is 0.259 e. The molecule has 1 fully saturated rings. The number of aliphatic hydroxyl groups is 1. The van der Waals surface area contributed by atoms with Crippen LogP contribution in [0.1, 0.15) is 29.8 Å². The summed E-state index contributed by atoms with van der Waals surface area (Å²) in [5.41, 5.74) is 3.98. The van der Waals surface area contributed by atoms with Crippen molar-refractivity contribution in [2.45, 2.75) is 32.9 Å². The van der Waals surface area contributed by atoms with Gasteiger partial charge in [0, 0.05) is 36.0 Å². The Morgan fingerprint density at radius 2 is 2.07 bits per heavy atom. The number of aliphatic hydroxyl groups excluding tert-OH is 1. The molecule has 2 aromatic heterocycles. The second kappa shape index (κ2) is 8.43. The number of fused-ring (bicyclic) bond motifs is 1. The zero-order chi connectivity index (χ0) is 19.5. The van der Waals surface area contributed by atoms with Crippen LogP contribution in [0.4, 0.5) is 5.69 Å². The van der Waals surface area contributed by atoms with Crippen LogP contribution in [0, 0.1) is 12.8 Å². The molecule has 6 nitrogen and oxygen atoms in total. The van der Waals surface area contributed by atoms with Gasteiger partial charge in [0.1, 0.15) is 0 Å². The molecular formula is C21H26N4O2S. The van der Waals surface area contributed by atoms with Gasteiger partial charge in [-0.15, -0.1) is 11.3 Å². The molecule has 0 spiro atoms. The Morgan fingerprint density at radius 3 is 2.86 bits per heavy atom. The van der Waals surface area contributed by atoms with Gasteiger partial charge in [0.15, 0.2) is 4.96 Å². The van der Waals surface area contributed by atoms with Crippen molar-refractivity contribution < 1.29 is 5.11 Å². The fourth-order valence-corrected chi connectivity index (χ4v) is 4.67. The first kappa shape index (κ1) is 19.1. The highest BCUT2D eigenvalue weighted by atomic mass is 32.1. The topological polar surface area (TPSA) is 69.9 Å². The number of aromatic nitrogens is 2. The van der Waals surface area contributed by atoms with Crippen molar-refractivity contribution >= 4 is 22.0 Å². The van der Waals surface area contributed by atoms with Crippen LogP contribution in [-0.4, -0.2) is 39.1 Å². The summed E-state index contributed by atoms with van der Waals surface area (Å²) in [6.45, 7) is 5.67. The standard InChI is InChI=1S/C21H26N4O2S/c1-15-14-28-21-23-18(10-20(27)25(15)21)11-22-19-5-3-2-4-17(19)12-24-8-6-16(13-26)7-9-24/h2-5,10,14,16,22,26H,6-9,11-13H2,1H3. The maximum absolute atomic E-state index is 12.4. The van der Waals surface area contributed by atoms with Crippen molar-refractivity contribution in [1.82, 2.24) is 14.3 Å². The fourth-order valence-electron chi connectivity index (χ4n) is 3.78. The molecule has 0 aliphatic carbocycles. The van der Waals surface area contributed by atoms with E-state index in [4.69, 9.17) is 0 Å². The molecule has 3 heterocycles. The Balaban J connectivity index is 1.45. The summed E-state index contributed by atoms with van der Waals surface area (Å²) in [4.78, 5) is 20.2. The van der Waals surface area contributed by atoms with Gasteiger partial charge in [0.05, 0.1) is 12.2 Å². The molecule has 0 bridgehead atoms. The van der Waals surface area contributed by atoms with E-state index in [1.54, 1.807) is 10.5 Å². The molecule has 0 radical (unpaired) electrons. The van der Waals surface area contributed by atoms with Gasteiger partial charge in [0.25, 0.3) is 5.56 Å². The van der Waals surface area contributed by atoms with Crippen molar-refractivity contribution in [3.05, 3.63) is 63.0 Å². The molecule has 7 heteroatoms. The van der Waals surface area contributed by atoms with Crippen LogP contribution in [0.2, 0.25) is 0 Å². The highest BCUT2D eigenvalue weighted by molar-refractivity contribution is 7.15. The lowest BCUT2D eigenvalue weighted by Gasteiger charge is -2.31. The van der Waals surface area contributed by atoms with Crippen LogP contribution in [0.3, 0.4) is 0 Å². The number of nitrogens with one attached hydrogen (secondary N) is 1. The molecule has 1 aliphatic rings. The summed E-state index contributed by atoms with van der Waals surface area (Å²) in [5.74, 6) is 0.450. The Bertz CT molecular complexity index is 1010. The second-order valence-corrected chi connectivity index (χ2v) is 8.33. The summed E-state index contributed by atoms with van der Waals surface area (Å²) in [6.07, 6.45) is 2.11. The number of para-hydroxylation sites is 1. The van der Waals surface area contributed by atoms with E-state index >= 15 is 0 Å². The molecular weight excluding hydrogens is 372 g/mol. The quantitative estimate of drug-likeness (QED) is 0.668. The molecule has 2 N–H and O–H groups in total. The summed E-state index contributed by atoms with van der Waals surface area (Å²) >= 11 is 1.49. The Labute approximate surface area is 168 Å². The predicted molar refractivity (Wildman–Crippen MR) is 113 cm³/mol. The fraction of sp³-hybridized carbons (Fsp3) is 0.429. The van der Waals surface area contributed by atoms with E-state index in [0.717, 1.165) is 54.5 Å². The molecule has 3 aromatic rings. The van der Waals surface area contributed by atoms with E-state index in [1.807, 2.05) is 18.4 Å². The number of hydrogen-bond donors (Lipinski definition) is 2. The van der Waals surface area contributed by atoms with E-state index < -0.39 is 0 Å². The minimum Gasteiger partial charge on any atom is -0.396 e. The Kier molecular flexibility index (Phi) is 5.75. The van der Waals surface area contributed by atoms with Crippen molar-refractivity contribution in [2.75, 3.05) is 25.0 Å². The molecule has 0 atom stereocenters. The van der Waals surface area contributed by atoms with Gasteiger partial charge < -0.3 is 10.4 Å². The van der Waals surface area contributed by atoms with Crippen LogP contribution in [-0.2, 0) is 13.1 Å². The van der Waals surface area contributed by atoms with Crippen LogP contribution < -0.4 is 10.9 Å². The normalized spacial score (nSPS) is 15.9. The van der Waals surface area contributed by atoms with Crippen molar-refractivity contribution in [1.29, 1.82) is 0 Å². The van der Waals surface area contributed by atoms with Crippen LogP contribution in [0.5, 0.6) is 0 Å². The number of aryl methyl sites for hydroxylation is 1. The molecule has 0 saturated carbocycles. The summed E-state index contributed by atoms with van der Waals surface area (Å²) in [5, 5.41) is 14.7. The predicted octanol–water partition coefficient (Wildman–Crippen LogP) is 2.88. The maximum atomic E-state index is 12.4. The third kappa shape index (κ3) is 4.11. The summed E-state index contributed by atoms with van der Waals surface area (Å²) in [6, 6.07) is 9.93. The number of anilines is 1. The molecule has 28 heavy (non-hydrogen) atoms. The Morgan fingerprint density at radius 1 is 1.29 bits per heavy atom. The van der Waals surface area contributed by atoms with Crippen molar-refractivity contribution in [3.8, 4) is 0 Å². The van der Waals surface area contributed by atoms with Gasteiger partial charge >= 0.3 is 0 Å². The number of rotatable bonds is 6. The molecule has 1 aliphatic heterocycles. The number of nitrogens with zero attached hydrogens (tertiary/aromatic N) is 3. The first-order valence-corrected chi connectivity index (χ1v) is 10.6. The lowest BCUT2D eigenvalue weighted by molar-refractivity contribution is 0.127. The van der Waals surface area contributed by atoms with Gasteiger partial charge in [-0.05, 0) is 50.4 Å². The molecule has 0 amide bonds. The summed E-state index contributed by atoms with van der Waals surface area (Å²) in [7, 11) is 0. The lowest BCUT2D eigenvalue weighted by Crippen LogP contribution is -2.34. The molecule has 0 unspecified atom stereocenters. The zero-order valence-electron chi connectivity index (χ0n) is 16.1. The van der Waals surface area contributed by atoms with Crippen LogP contribution in [0.15, 0.2) is 40.5 Å². The number of thiazole rings is 1. The Hall–Kier alpha value is -2.22. The average Bonchev–Trinajstić information content (AvgIpc) is 3.09. The van der Waals surface area contributed by atoms with E-state index in [0.29, 0.717) is 19.1 Å². The van der Waals surface area contributed by atoms with Gasteiger partial charge in [0.2, 0.25) is 0 Å². The van der Waals surface area contributed by atoms with E-state index in [2.05, 4.69) is 33.4 Å².